The van der Waals surface area contributed by atoms with Gasteiger partial charge in [0.15, 0.2) is 0 Å². The summed E-state index contributed by atoms with van der Waals surface area (Å²) in [6, 6.07) is 4.38. The Labute approximate surface area is 95.1 Å². The smallest absolute Gasteiger partial charge is 0.131 e. The van der Waals surface area contributed by atoms with Gasteiger partial charge in [-0.3, -0.25) is 11.3 Å². The zero-order valence-electron chi connectivity index (χ0n) is 9.59. The summed E-state index contributed by atoms with van der Waals surface area (Å²) in [5, 5.41) is 0. The molecule has 0 radical (unpaired) electrons. The number of nitrogens with one attached hydrogen (secondary N) is 1. The molecule has 0 saturated carbocycles. The zero-order chi connectivity index (χ0) is 12.1. The molecular formula is C12H17FN2O. The van der Waals surface area contributed by atoms with Crippen molar-refractivity contribution in [3.8, 4) is 5.75 Å². The summed E-state index contributed by atoms with van der Waals surface area (Å²) in [5.74, 6) is 5.59. The first-order valence-electron chi connectivity index (χ1n) is 5.03. The van der Waals surface area contributed by atoms with Crippen molar-refractivity contribution >= 4 is 0 Å². The van der Waals surface area contributed by atoms with Crippen molar-refractivity contribution in [3.63, 3.8) is 0 Å². The molecule has 4 heteroatoms. The summed E-state index contributed by atoms with van der Waals surface area (Å²) in [7, 11) is 1.51. The van der Waals surface area contributed by atoms with Gasteiger partial charge in [0.25, 0.3) is 0 Å². The predicted octanol–water partition coefficient (Wildman–Crippen LogP) is 2.30. The second kappa shape index (κ2) is 5.63. The standard InChI is InChI=1S/C12H17FN2O/c1-8(2)7-10(15-14)12-9(13)5-4-6-11(12)16-3/h4-6,10,15H,1,7,14H2,2-3H3. The molecule has 1 aromatic rings. The highest BCUT2D eigenvalue weighted by molar-refractivity contribution is 5.37. The number of benzene rings is 1. The fourth-order valence-corrected chi connectivity index (χ4v) is 1.63. The molecule has 1 aromatic carbocycles. The van der Waals surface area contributed by atoms with Gasteiger partial charge in [0, 0.05) is 5.56 Å². The molecule has 1 unspecified atom stereocenters. The lowest BCUT2D eigenvalue weighted by atomic mass is 9.99. The summed E-state index contributed by atoms with van der Waals surface area (Å²) in [6.07, 6.45) is 0.563. The van der Waals surface area contributed by atoms with Gasteiger partial charge in [-0.1, -0.05) is 11.6 Å². The average Bonchev–Trinajstić information content (AvgIpc) is 2.25. The van der Waals surface area contributed by atoms with Crippen LogP contribution in [0.5, 0.6) is 5.75 Å². The van der Waals surface area contributed by atoms with Crippen LogP contribution in [-0.2, 0) is 0 Å². The summed E-state index contributed by atoms with van der Waals surface area (Å²) >= 11 is 0. The highest BCUT2D eigenvalue weighted by Gasteiger charge is 2.19. The maximum atomic E-state index is 13.7. The normalized spacial score (nSPS) is 12.2. The Morgan fingerprint density at radius 1 is 1.62 bits per heavy atom. The molecule has 88 valence electrons. The van der Waals surface area contributed by atoms with E-state index in [1.165, 1.54) is 13.2 Å². The third-order valence-corrected chi connectivity index (χ3v) is 2.34. The van der Waals surface area contributed by atoms with Gasteiger partial charge in [-0.2, -0.15) is 0 Å². The van der Waals surface area contributed by atoms with E-state index in [-0.39, 0.29) is 11.9 Å². The number of rotatable bonds is 5. The van der Waals surface area contributed by atoms with Crippen molar-refractivity contribution in [3.05, 3.63) is 41.7 Å². The van der Waals surface area contributed by atoms with E-state index in [0.717, 1.165) is 5.57 Å². The molecule has 0 amide bonds. The van der Waals surface area contributed by atoms with Crippen LogP contribution in [-0.4, -0.2) is 7.11 Å². The van der Waals surface area contributed by atoms with E-state index in [0.29, 0.717) is 17.7 Å². The van der Waals surface area contributed by atoms with E-state index in [1.807, 2.05) is 6.92 Å². The number of hydrogen-bond donors (Lipinski definition) is 2. The molecule has 0 heterocycles. The Hall–Kier alpha value is -1.39. The Kier molecular flexibility index (Phi) is 4.46. The van der Waals surface area contributed by atoms with Crippen molar-refractivity contribution in [1.29, 1.82) is 0 Å². The van der Waals surface area contributed by atoms with Crippen molar-refractivity contribution in [2.75, 3.05) is 7.11 Å². The Morgan fingerprint density at radius 3 is 2.81 bits per heavy atom. The van der Waals surface area contributed by atoms with E-state index in [1.54, 1.807) is 12.1 Å². The molecule has 0 aliphatic heterocycles. The predicted molar refractivity (Wildman–Crippen MR) is 62.4 cm³/mol. The number of hydrogen-bond acceptors (Lipinski definition) is 3. The molecule has 16 heavy (non-hydrogen) atoms. The lowest BCUT2D eigenvalue weighted by molar-refractivity contribution is 0.390. The molecule has 3 nitrogen and oxygen atoms in total. The van der Waals surface area contributed by atoms with E-state index < -0.39 is 0 Å². The maximum Gasteiger partial charge on any atom is 0.131 e. The first-order valence-corrected chi connectivity index (χ1v) is 5.03. The number of methoxy groups -OCH3 is 1. The summed E-state index contributed by atoms with van der Waals surface area (Å²) < 4.78 is 18.8. The van der Waals surface area contributed by atoms with E-state index >= 15 is 0 Å². The number of ether oxygens (including phenoxy) is 1. The van der Waals surface area contributed by atoms with Crippen LogP contribution in [0.2, 0.25) is 0 Å². The van der Waals surface area contributed by atoms with Gasteiger partial charge < -0.3 is 4.74 Å². The molecule has 1 atom stereocenters. The fourth-order valence-electron chi connectivity index (χ4n) is 1.63. The molecule has 0 spiro atoms. The summed E-state index contributed by atoms with van der Waals surface area (Å²) in [4.78, 5) is 0. The largest absolute Gasteiger partial charge is 0.496 e. The lowest BCUT2D eigenvalue weighted by Crippen LogP contribution is -2.29. The van der Waals surface area contributed by atoms with Crippen LogP contribution in [0, 0.1) is 5.82 Å². The monoisotopic (exact) mass is 224 g/mol. The number of halogens is 1. The molecule has 1 rings (SSSR count). The van der Waals surface area contributed by atoms with Gasteiger partial charge >= 0.3 is 0 Å². The third-order valence-electron chi connectivity index (χ3n) is 2.34. The molecular weight excluding hydrogens is 207 g/mol. The first-order chi connectivity index (χ1) is 7.60. The molecule has 0 aliphatic carbocycles. The van der Waals surface area contributed by atoms with Crippen molar-refractivity contribution < 1.29 is 9.13 Å². The Bertz CT molecular complexity index is 379. The maximum absolute atomic E-state index is 13.7. The third kappa shape index (κ3) is 2.81. The van der Waals surface area contributed by atoms with Crippen molar-refractivity contribution in [2.45, 2.75) is 19.4 Å². The number of nitrogens with two attached hydrogens (primary N) is 1. The van der Waals surface area contributed by atoms with Crippen LogP contribution < -0.4 is 16.0 Å². The van der Waals surface area contributed by atoms with Crippen LogP contribution in [0.4, 0.5) is 4.39 Å². The van der Waals surface area contributed by atoms with Gasteiger partial charge in [-0.15, -0.1) is 6.58 Å². The van der Waals surface area contributed by atoms with Gasteiger partial charge in [0.05, 0.1) is 13.2 Å². The average molecular weight is 224 g/mol. The first kappa shape index (κ1) is 12.7. The summed E-state index contributed by atoms with van der Waals surface area (Å²) in [5.41, 5.74) is 3.95. The Balaban J connectivity index is 3.12. The van der Waals surface area contributed by atoms with Crippen LogP contribution in [0.15, 0.2) is 30.4 Å². The minimum atomic E-state index is -0.330. The molecule has 3 N–H and O–H groups in total. The van der Waals surface area contributed by atoms with Gasteiger partial charge in [-0.05, 0) is 25.5 Å². The molecule has 0 fully saturated rings. The van der Waals surface area contributed by atoms with Gasteiger partial charge in [0.2, 0.25) is 0 Å². The minimum absolute atomic E-state index is 0.325. The lowest BCUT2D eigenvalue weighted by Gasteiger charge is -2.19. The highest BCUT2D eigenvalue weighted by atomic mass is 19.1. The van der Waals surface area contributed by atoms with E-state index in [9.17, 15) is 4.39 Å². The van der Waals surface area contributed by atoms with Crippen LogP contribution in [0.3, 0.4) is 0 Å². The zero-order valence-corrected chi connectivity index (χ0v) is 9.59. The highest BCUT2D eigenvalue weighted by Crippen LogP contribution is 2.30. The molecule has 0 aromatic heterocycles. The number of hydrazine groups is 1. The second-order valence-electron chi connectivity index (χ2n) is 3.74. The quantitative estimate of drug-likeness (QED) is 0.458. The molecule has 0 aliphatic rings. The van der Waals surface area contributed by atoms with Crippen molar-refractivity contribution in [2.24, 2.45) is 5.84 Å². The van der Waals surface area contributed by atoms with E-state index in [2.05, 4.69) is 12.0 Å². The molecule has 0 bridgehead atoms. The van der Waals surface area contributed by atoms with Gasteiger partial charge in [-0.25, -0.2) is 4.39 Å². The Morgan fingerprint density at radius 2 is 2.31 bits per heavy atom. The summed E-state index contributed by atoms with van der Waals surface area (Å²) in [6.45, 7) is 5.67. The van der Waals surface area contributed by atoms with Crippen molar-refractivity contribution in [1.82, 2.24) is 5.43 Å². The van der Waals surface area contributed by atoms with E-state index in [4.69, 9.17) is 10.6 Å². The topological polar surface area (TPSA) is 47.3 Å². The SMILES string of the molecule is C=C(C)CC(NN)c1c(F)cccc1OC. The minimum Gasteiger partial charge on any atom is -0.496 e. The van der Waals surface area contributed by atoms with Gasteiger partial charge in [0.1, 0.15) is 11.6 Å². The fraction of sp³-hybridized carbons (Fsp3) is 0.333. The molecule has 0 saturated heterocycles. The van der Waals surface area contributed by atoms with Crippen LogP contribution >= 0.6 is 0 Å². The second-order valence-corrected chi connectivity index (χ2v) is 3.74. The van der Waals surface area contributed by atoms with Crippen LogP contribution in [0.1, 0.15) is 24.9 Å². The van der Waals surface area contributed by atoms with Crippen LogP contribution in [0.25, 0.3) is 0 Å².